The Hall–Kier alpha value is -2.55. The molecule has 142 valence electrons. The second-order valence-corrected chi connectivity index (χ2v) is 8.02. The first-order chi connectivity index (χ1) is 13.0. The van der Waals surface area contributed by atoms with E-state index < -0.39 is 0 Å². The summed E-state index contributed by atoms with van der Waals surface area (Å²) in [6, 6.07) is 16.7. The molecule has 0 saturated heterocycles. The van der Waals surface area contributed by atoms with Gasteiger partial charge in [0.15, 0.2) is 0 Å². The highest BCUT2D eigenvalue weighted by atomic mass is 16.5. The highest BCUT2D eigenvalue weighted by Crippen LogP contribution is 2.44. The smallest absolute Gasteiger partial charge is 0.407 e. The first-order valence-corrected chi connectivity index (χ1v) is 9.71. The summed E-state index contributed by atoms with van der Waals surface area (Å²) in [6.07, 6.45) is 4.74. The SMILES string of the molecule is C=CCCCC(C)(C)CNC(=O)OCC1c2ccccc2-c2ccccc21. The molecule has 0 atom stereocenters. The molecule has 3 heteroatoms. The average Bonchev–Trinajstić information content (AvgIpc) is 2.99. The van der Waals surface area contributed by atoms with Crippen molar-refractivity contribution in [1.82, 2.24) is 5.32 Å². The molecule has 1 aliphatic rings. The largest absolute Gasteiger partial charge is 0.449 e. The number of rotatable bonds is 8. The van der Waals surface area contributed by atoms with Gasteiger partial charge >= 0.3 is 6.09 Å². The van der Waals surface area contributed by atoms with E-state index in [1.165, 1.54) is 22.3 Å². The molecule has 0 unspecified atom stereocenters. The number of alkyl carbamates (subject to hydrolysis) is 1. The number of hydrogen-bond donors (Lipinski definition) is 1. The molecule has 0 bridgehead atoms. The number of ether oxygens (including phenoxy) is 1. The van der Waals surface area contributed by atoms with Gasteiger partial charge in [-0.1, -0.05) is 68.5 Å². The Bertz CT molecular complexity index is 764. The number of hydrogen-bond acceptors (Lipinski definition) is 2. The third kappa shape index (κ3) is 4.60. The summed E-state index contributed by atoms with van der Waals surface area (Å²) in [5, 5.41) is 2.93. The van der Waals surface area contributed by atoms with Crippen molar-refractivity contribution in [2.24, 2.45) is 5.41 Å². The Labute approximate surface area is 162 Å². The zero-order chi connectivity index (χ0) is 19.3. The van der Waals surface area contributed by atoms with E-state index in [-0.39, 0.29) is 17.4 Å². The first-order valence-electron chi connectivity index (χ1n) is 9.71. The van der Waals surface area contributed by atoms with Gasteiger partial charge in [-0.05, 0) is 46.9 Å². The lowest BCUT2D eigenvalue weighted by atomic mass is 9.87. The molecule has 3 rings (SSSR count). The van der Waals surface area contributed by atoms with Crippen LogP contribution in [0.4, 0.5) is 4.79 Å². The second kappa shape index (κ2) is 8.43. The number of carbonyl (C=O) groups is 1. The molecule has 0 fully saturated rings. The fourth-order valence-electron chi connectivity index (χ4n) is 3.77. The maximum absolute atomic E-state index is 12.3. The van der Waals surface area contributed by atoms with Gasteiger partial charge in [-0.2, -0.15) is 0 Å². The zero-order valence-electron chi connectivity index (χ0n) is 16.3. The van der Waals surface area contributed by atoms with Crippen LogP contribution >= 0.6 is 0 Å². The van der Waals surface area contributed by atoms with Crippen LogP contribution in [0.3, 0.4) is 0 Å². The predicted molar refractivity (Wildman–Crippen MR) is 111 cm³/mol. The molecule has 1 aliphatic carbocycles. The van der Waals surface area contributed by atoms with Crippen LogP contribution in [0.1, 0.15) is 50.2 Å². The number of benzene rings is 2. The molecule has 1 N–H and O–H groups in total. The molecule has 0 aromatic heterocycles. The minimum absolute atomic E-state index is 0.0502. The Morgan fingerprint density at radius 1 is 1.11 bits per heavy atom. The van der Waals surface area contributed by atoms with Crippen molar-refractivity contribution in [2.45, 2.75) is 39.0 Å². The van der Waals surface area contributed by atoms with Crippen LogP contribution in [0.5, 0.6) is 0 Å². The summed E-state index contributed by atoms with van der Waals surface area (Å²) in [5.74, 6) is 0.101. The number of nitrogens with one attached hydrogen (secondary N) is 1. The number of allylic oxidation sites excluding steroid dienone is 1. The van der Waals surface area contributed by atoms with Crippen LogP contribution in [-0.2, 0) is 4.74 Å². The lowest BCUT2D eigenvalue weighted by molar-refractivity contribution is 0.137. The summed E-state index contributed by atoms with van der Waals surface area (Å²) in [7, 11) is 0. The monoisotopic (exact) mass is 363 g/mol. The summed E-state index contributed by atoms with van der Waals surface area (Å²) < 4.78 is 5.59. The van der Waals surface area contributed by atoms with E-state index >= 15 is 0 Å². The van der Waals surface area contributed by atoms with E-state index in [2.05, 4.69) is 62.1 Å². The Morgan fingerprint density at radius 2 is 1.70 bits per heavy atom. The molecule has 27 heavy (non-hydrogen) atoms. The van der Waals surface area contributed by atoms with Crippen LogP contribution in [0.2, 0.25) is 0 Å². The quantitative estimate of drug-likeness (QED) is 0.468. The van der Waals surface area contributed by atoms with Gasteiger partial charge in [0.05, 0.1) is 0 Å². The second-order valence-electron chi connectivity index (χ2n) is 8.02. The van der Waals surface area contributed by atoms with Crippen LogP contribution in [-0.4, -0.2) is 19.2 Å². The molecule has 2 aromatic rings. The third-order valence-corrected chi connectivity index (χ3v) is 5.32. The highest BCUT2D eigenvalue weighted by Gasteiger charge is 2.29. The van der Waals surface area contributed by atoms with E-state index in [0.29, 0.717) is 13.2 Å². The summed E-state index contributed by atoms with van der Waals surface area (Å²) >= 11 is 0. The normalized spacial score (nSPS) is 13.0. The van der Waals surface area contributed by atoms with Crippen LogP contribution in [0.25, 0.3) is 11.1 Å². The van der Waals surface area contributed by atoms with Gasteiger partial charge in [-0.25, -0.2) is 4.79 Å². The van der Waals surface area contributed by atoms with E-state index in [1.807, 2.05) is 18.2 Å². The van der Waals surface area contributed by atoms with Gasteiger partial charge < -0.3 is 10.1 Å². The number of unbranched alkanes of at least 4 members (excludes halogenated alkanes) is 1. The third-order valence-electron chi connectivity index (χ3n) is 5.32. The molecular weight excluding hydrogens is 334 g/mol. The van der Waals surface area contributed by atoms with Gasteiger partial charge in [0.1, 0.15) is 6.61 Å². The molecule has 1 amide bonds. The van der Waals surface area contributed by atoms with E-state index in [4.69, 9.17) is 4.74 Å². The van der Waals surface area contributed by atoms with Crippen molar-refractivity contribution in [3.05, 3.63) is 72.3 Å². The maximum atomic E-state index is 12.3. The first kappa shape index (κ1) is 19.2. The minimum Gasteiger partial charge on any atom is -0.449 e. The van der Waals surface area contributed by atoms with Crippen molar-refractivity contribution in [3.8, 4) is 11.1 Å². The highest BCUT2D eigenvalue weighted by molar-refractivity contribution is 5.79. The minimum atomic E-state index is -0.339. The molecule has 0 spiro atoms. The number of carbonyl (C=O) groups excluding carboxylic acids is 1. The average molecular weight is 364 g/mol. The summed E-state index contributed by atoms with van der Waals surface area (Å²) in [5.41, 5.74) is 5.00. The Balaban J connectivity index is 1.57. The van der Waals surface area contributed by atoms with E-state index in [9.17, 15) is 4.79 Å². The molecule has 0 saturated carbocycles. The van der Waals surface area contributed by atoms with Gasteiger partial charge in [-0.3, -0.25) is 0 Å². The summed E-state index contributed by atoms with van der Waals surface area (Å²) in [4.78, 5) is 12.3. The fourth-order valence-corrected chi connectivity index (χ4v) is 3.77. The number of fused-ring (bicyclic) bond motifs is 3. The van der Waals surface area contributed by atoms with Crippen molar-refractivity contribution in [1.29, 1.82) is 0 Å². The lowest BCUT2D eigenvalue weighted by Gasteiger charge is -2.24. The van der Waals surface area contributed by atoms with E-state index in [1.54, 1.807) is 0 Å². The predicted octanol–water partition coefficient (Wildman–Crippen LogP) is 5.91. The standard InChI is InChI=1S/C24H29NO2/c1-4-5-10-15-24(2,3)17-25-23(26)27-16-22-20-13-8-6-11-18(20)19-12-7-9-14-21(19)22/h4,6-9,11-14,22H,1,5,10,15-17H2,2-3H3,(H,25,26). The molecule has 3 nitrogen and oxygen atoms in total. The Morgan fingerprint density at radius 3 is 2.30 bits per heavy atom. The molecular formula is C24H29NO2. The van der Waals surface area contributed by atoms with Gasteiger partial charge in [0, 0.05) is 12.5 Å². The van der Waals surface area contributed by atoms with E-state index in [0.717, 1.165) is 19.3 Å². The number of amides is 1. The molecule has 0 heterocycles. The van der Waals surface area contributed by atoms with Crippen molar-refractivity contribution < 1.29 is 9.53 Å². The molecule has 2 aromatic carbocycles. The van der Waals surface area contributed by atoms with Crippen molar-refractivity contribution in [2.75, 3.05) is 13.2 Å². The van der Waals surface area contributed by atoms with Gasteiger partial charge in [0.25, 0.3) is 0 Å². The van der Waals surface area contributed by atoms with Crippen molar-refractivity contribution >= 4 is 6.09 Å². The zero-order valence-corrected chi connectivity index (χ0v) is 16.3. The van der Waals surface area contributed by atoms with Crippen LogP contribution in [0.15, 0.2) is 61.2 Å². The van der Waals surface area contributed by atoms with Gasteiger partial charge in [0.2, 0.25) is 0 Å². The molecule has 0 aliphatic heterocycles. The summed E-state index contributed by atoms with van der Waals surface area (Å²) in [6.45, 7) is 9.06. The molecule has 0 radical (unpaired) electrons. The van der Waals surface area contributed by atoms with Crippen LogP contribution < -0.4 is 5.32 Å². The topological polar surface area (TPSA) is 38.3 Å². The lowest BCUT2D eigenvalue weighted by Crippen LogP contribution is -2.35. The maximum Gasteiger partial charge on any atom is 0.407 e. The fraction of sp³-hybridized carbons (Fsp3) is 0.375. The van der Waals surface area contributed by atoms with Gasteiger partial charge in [-0.15, -0.1) is 6.58 Å². The van der Waals surface area contributed by atoms with Crippen molar-refractivity contribution in [3.63, 3.8) is 0 Å². The Kier molecular flexibility index (Phi) is 6.00. The van der Waals surface area contributed by atoms with Crippen LogP contribution in [0, 0.1) is 5.41 Å².